The highest BCUT2D eigenvalue weighted by molar-refractivity contribution is 8.01. The molecule has 0 saturated carbocycles. The molecule has 138 valence electrons. The number of carbonyl (C=O) groups excluding carboxylic acids is 3. The highest BCUT2D eigenvalue weighted by Crippen LogP contribution is 2.36. The van der Waals surface area contributed by atoms with Gasteiger partial charge in [0.1, 0.15) is 0 Å². The molecule has 1 aliphatic heterocycles. The number of thioether (sulfide) groups is 1. The van der Waals surface area contributed by atoms with Gasteiger partial charge in [-0.3, -0.25) is 24.5 Å². The topological polar surface area (TPSA) is 116 Å². The molecule has 0 radical (unpaired) electrons. The molecule has 1 amide bonds. The lowest BCUT2D eigenvalue weighted by Gasteiger charge is -2.23. The summed E-state index contributed by atoms with van der Waals surface area (Å²) >= 11 is 1.26. The van der Waals surface area contributed by atoms with Gasteiger partial charge in [-0.15, -0.1) is 11.8 Å². The normalized spacial score (nSPS) is 15.4. The molecule has 1 aliphatic rings. The van der Waals surface area contributed by atoms with Crippen LogP contribution in [0.1, 0.15) is 16.8 Å². The van der Waals surface area contributed by atoms with Crippen molar-refractivity contribution in [2.24, 2.45) is 0 Å². The van der Waals surface area contributed by atoms with E-state index in [1.807, 2.05) is 12.1 Å². The quantitative estimate of drug-likeness (QED) is 0.351. The molecule has 27 heavy (non-hydrogen) atoms. The van der Waals surface area contributed by atoms with E-state index in [0.717, 1.165) is 11.0 Å². The number of rotatable bonds is 6. The van der Waals surface area contributed by atoms with Crippen LogP contribution in [0.15, 0.2) is 53.4 Å². The molecular formula is C18H14N2O6S. The monoisotopic (exact) mass is 386 g/mol. The van der Waals surface area contributed by atoms with Crippen molar-refractivity contribution in [3.8, 4) is 0 Å². The summed E-state index contributed by atoms with van der Waals surface area (Å²) in [7, 11) is 0. The number of nitrogens with zero attached hydrogens (tertiary/aromatic N) is 1. The van der Waals surface area contributed by atoms with Gasteiger partial charge in [-0.1, -0.05) is 24.3 Å². The fourth-order valence-corrected chi connectivity index (χ4v) is 3.55. The van der Waals surface area contributed by atoms with Gasteiger partial charge in [-0.25, -0.2) is 0 Å². The number of non-ortho nitro benzene ring substituents is 1. The van der Waals surface area contributed by atoms with Crippen LogP contribution >= 0.6 is 11.8 Å². The molecule has 0 spiro atoms. The predicted molar refractivity (Wildman–Crippen MR) is 97.7 cm³/mol. The van der Waals surface area contributed by atoms with E-state index < -0.39 is 28.5 Å². The number of nitro benzene ring substituents is 1. The Labute approximate surface area is 158 Å². The number of carbonyl (C=O) groups is 3. The summed E-state index contributed by atoms with van der Waals surface area (Å²) in [6, 6.07) is 12.4. The minimum Gasteiger partial charge on any atom is -0.457 e. The van der Waals surface area contributed by atoms with Gasteiger partial charge >= 0.3 is 5.97 Å². The van der Waals surface area contributed by atoms with Crippen LogP contribution in [0.25, 0.3) is 0 Å². The lowest BCUT2D eigenvalue weighted by molar-refractivity contribution is -0.384. The summed E-state index contributed by atoms with van der Waals surface area (Å²) in [5.41, 5.74) is 0.551. The standard InChI is InChI=1S/C18H14N2O6S/c21-14(11-4-3-5-12(8-11)20(24)25)10-26-17(22)9-16-18(23)19-13-6-1-2-7-15(13)27-16/h1-8,16H,9-10H2,(H,19,23)/t16-/m1/s1. The Morgan fingerprint density at radius 3 is 2.74 bits per heavy atom. The lowest BCUT2D eigenvalue weighted by Crippen LogP contribution is -2.31. The zero-order valence-corrected chi connectivity index (χ0v) is 14.7. The molecule has 0 unspecified atom stereocenters. The molecule has 8 nitrogen and oxygen atoms in total. The number of Topliss-reactive ketones (excluding diaryl/α,β-unsaturated/α-hetero) is 1. The van der Waals surface area contributed by atoms with E-state index in [4.69, 9.17) is 4.74 Å². The predicted octanol–water partition coefficient (Wildman–Crippen LogP) is 2.82. The number of nitro groups is 1. The van der Waals surface area contributed by atoms with Gasteiger partial charge in [0.05, 0.1) is 22.3 Å². The largest absolute Gasteiger partial charge is 0.457 e. The van der Waals surface area contributed by atoms with E-state index in [2.05, 4.69) is 5.32 Å². The summed E-state index contributed by atoms with van der Waals surface area (Å²) in [5.74, 6) is -1.56. The second-order valence-corrected chi connectivity index (χ2v) is 6.93. The molecule has 3 rings (SSSR count). The average Bonchev–Trinajstić information content (AvgIpc) is 2.66. The summed E-state index contributed by atoms with van der Waals surface area (Å²) in [4.78, 5) is 47.1. The fraction of sp³-hybridized carbons (Fsp3) is 0.167. The number of hydrogen-bond donors (Lipinski definition) is 1. The van der Waals surface area contributed by atoms with Crippen LogP contribution in [0.5, 0.6) is 0 Å². The molecule has 1 atom stereocenters. The van der Waals surface area contributed by atoms with E-state index in [-0.39, 0.29) is 23.6 Å². The third-order valence-corrected chi connectivity index (χ3v) is 5.08. The Bertz CT molecular complexity index is 930. The molecule has 0 aromatic heterocycles. The molecule has 2 aromatic carbocycles. The molecule has 1 N–H and O–H groups in total. The van der Waals surface area contributed by atoms with Crippen LogP contribution in [0.3, 0.4) is 0 Å². The maximum atomic E-state index is 12.1. The first-order chi connectivity index (χ1) is 12.9. The van der Waals surface area contributed by atoms with Crippen molar-refractivity contribution in [1.29, 1.82) is 0 Å². The van der Waals surface area contributed by atoms with E-state index >= 15 is 0 Å². The highest BCUT2D eigenvalue weighted by Gasteiger charge is 2.29. The van der Waals surface area contributed by atoms with Gasteiger partial charge in [0.15, 0.2) is 6.61 Å². The molecule has 2 aromatic rings. The van der Waals surface area contributed by atoms with E-state index in [9.17, 15) is 24.5 Å². The van der Waals surface area contributed by atoms with Crippen molar-refractivity contribution < 1.29 is 24.0 Å². The number of anilines is 1. The van der Waals surface area contributed by atoms with Crippen molar-refractivity contribution in [3.05, 3.63) is 64.2 Å². The maximum Gasteiger partial charge on any atom is 0.307 e. The third-order valence-electron chi connectivity index (χ3n) is 3.80. The van der Waals surface area contributed by atoms with Gasteiger partial charge in [-0.2, -0.15) is 0 Å². The smallest absolute Gasteiger partial charge is 0.307 e. The Morgan fingerprint density at radius 2 is 1.96 bits per heavy atom. The molecule has 9 heteroatoms. The maximum absolute atomic E-state index is 12.1. The van der Waals surface area contributed by atoms with E-state index in [1.54, 1.807) is 12.1 Å². The molecular weight excluding hydrogens is 372 g/mol. The second-order valence-electron chi connectivity index (χ2n) is 5.69. The van der Waals surface area contributed by atoms with Crippen LogP contribution in [-0.4, -0.2) is 34.4 Å². The van der Waals surface area contributed by atoms with Crippen LogP contribution in [0.2, 0.25) is 0 Å². The van der Waals surface area contributed by atoms with Gasteiger partial charge in [0.25, 0.3) is 5.69 Å². The number of hydrogen-bond acceptors (Lipinski definition) is 7. The summed E-state index contributed by atoms with van der Waals surface area (Å²) < 4.78 is 4.95. The van der Waals surface area contributed by atoms with Gasteiger partial charge < -0.3 is 10.1 Å². The minimum absolute atomic E-state index is 0.0794. The van der Waals surface area contributed by atoms with Crippen LogP contribution in [0, 0.1) is 10.1 Å². The Morgan fingerprint density at radius 1 is 1.19 bits per heavy atom. The van der Waals surface area contributed by atoms with Gasteiger partial charge in [0, 0.05) is 22.6 Å². The number of ketones is 1. The molecule has 0 fully saturated rings. The first-order valence-corrected chi connectivity index (χ1v) is 8.82. The Balaban J connectivity index is 1.55. The van der Waals surface area contributed by atoms with Crippen molar-refractivity contribution in [1.82, 2.24) is 0 Å². The van der Waals surface area contributed by atoms with Crippen molar-refractivity contribution in [2.75, 3.05) is 11.9 Å². The van der Waals surface area contributed by atoms with Crippen LogP contribution in [-0.2, 0) is 14.3 Å². The number of amides is 1. The first kappa shape index (κ1) is 18.6. The van der Waals surface area contributed by atoms with E-state index in [1.165, 1.54) is 30.0 Å². The number of para-hydroxylation sites is 1. The Hall–Kier alpha value is -3.20. The van der Waals surface area contributed by atoms with E-state index in [0.29, 0.717) is 5.69 Å². The average molecular weight is 386 g/mol. The zero-order valence-electron chi connectivity index (χ0n) is 13.9. The lowest BCUT2D eigenvalue weighted by atomic mass is 10.1. The molecule has 0 bridgehead atoms. The molecule has 0 aliphatic carbocycles. The Kier molecular flexibility index (Phi) is 5.51. The molecule has 1 heterocycles. The summed E-state index contributed by atoms with van der Waals surface area (Å²) in [6.07, 6.45) is -0.187. The highest BCUT2D eigenvalue weighted by atomic mass is 32.2. The van der Waals surface area contributed by atoms with Crippen molar-refractivity contribution in [3.63, 3.8) is 0 Å². The minimum atomic E-state index is -0.694. The zero-order chi connectivity index (χ0) is 19.4. The number of benzene rings is 2. The summed E-state index contributed by atoms with van der Waals surface area (Å²) in [5, 5.41) is 12.8. The summed E-state index contributed by atoms with van der Waals surface area (Å²) in [6.45, 7) is -0.546. The van der Waals surface area contributed by atoms with Gasteiger partial charge in [0.2, 0.25) is 11.7 Å². The fourth-order valence-electron chi connectivity index (χ4n) is 2.46. The SMILES string of the molecule is O=C(C[C@H]1Sc2ccccc2NC1=O)OCC(=O)c1cccc([N+](=O)[O-])c1. The molecule has 0 saturated heterocycles. The van der Waals surface area contributed by atoms with Crippen LogP contribution in [0.4, 0.5) is 11.4 Å². The first-order valence-electron chi connectivity index (χ1n) is 7.94. The number of fused-ring (bicyclic) bond motifs is 1. The third kappa shape index (κ3) is 4.50. The van der Waals surface area contributed by atoms with Crippen molar-refractivity contribution >= 4 is 40.8 Å². The number of ether oxygens (including phenoxy) is 1. The second kappa shape index (κ2) is 8.00. The van der Waals surface area contributed by atoms with Crippen LogP contribution < -0.4 is 5.32 Å². The van der Waals surface area contributed by atoms with Gasteiger partial charge in [-0.05, 0) is 12.1 Å². The van der Waals surface area contributed by atoms with Crippen molar-refractivity contribution in [2.45, 2.75) is 16.6 Å². The number of esters is 1. The number of nitrogens with one attached hydrogen (secondary N) is 1.